The highest BCUT2D eigenvalue weighted by molar-refractivity contribution is 5.94. The summed E-state index contributed by atoms with van der Waals surface area (Å²) in [5.74, 6) is 1.22. The van der Waals surface area contributed by atoms with Crippen molar-refractivity contribution in [2.45, 2.75) is 13.2 Å². The zero-order valence-corrected chi connectivity index (χ0v) is 14.7. The number of nitrogens with zero attached hydrogens (tertiary/aromatic N) is 1. The molecule has 5 nitrogen and oxygen atoms in total. The zero-order chi connectivity index (χ0) is 18.5. The molecule has 2 N–H and O–H groups in total. The fourth-order valence-electron chi connectivity index (χ4n) is 2.82. The number of nitrogens with one attached hydrogen (secondary N) is 2. The van der Waals surface area contributed by atoms with Crippen LogP contribution >= 0.6 is 0 Å². The van der Waals surface area contributed by atoms with Crippen molar-refractivity contribution >= 4 is 16.9 Å². The molecule has 134 valence electrons. The minimum atomic E-state index is -0.166. The number of hydrogen-bond donors (Lipinski definition) is 2. The largest absolute Gasteiger partial charge is 0.489 e. The number of carbonyl (C=O) groups excluding carboxylic acids is 1. The molecule has 5 heteroatoms. The van der Waals surface area contributed by atoms with Gasteiger partial charge in [0, 0.05) is 5.56 Å². The van der Waals surface area contributed by atoms with E-state index >= 15 is 0 Å². The highest BCUT2D eigenvalue weighted by Crippen LogP contribution is 2.16. The van der Waals surface area contributed by atoms with Gasteiger partial charge in [-0.25, -0.2) is 4.98 Å². The van der Waals surface area contributed by atoms with Gasteiger partial charge in [0.25, 0.3) is 5.91 Å². The number of aromatic amines is 1. The van der Waals surface area contributed by atoms with E-state index in [9.17, 15) is 4.79 Å². The van der Waals surface area contributed by atoms with Gasteiger partial charge in [-0.05, 0) is 35.9 Å². The Balaban J connectivity index is 1.38. The SMILES string of the molecule is O=C(NCc1nc2ccccc2[nH]1)c1cccc(OCc2ccccc2)c1. The van der Waals surface area contributed by atoms with Crippen molar-refractivity contribution in [2.24, 2.45) is 0 Å². The van der Waals surface area contributed by atoms with Crippen LogP contribution in [0.2, 0.25) is 0 Å². The second-order valence-electron chi connectivity index (χ2n) is 6.19. The summed E-state index contributed by atoms with van der Waals surface area (Å²) in [6.45, 7) is 0.799. The molecule has 0 saturated carbocycles. The number of aromatic nitrogens is 2. The maximum atomic E-state index is 12.5. The first-order valence-electron chi connectivity index (χ1n) is 8.76. The summed E-state index contributed by atoms with van der Waals surface area (Å²) in [6, 6.07) is 24.9. The quantitative estimate of drug-likeness (QED) is 0.547. The van der Waals surface area contributed by atoms with Crippen molar-refractivity contribution in [1.29, 1.82) is 0 Å². The van der Waals surface area contributed by atoms with Crippen molar-refractivity contribution in [3.8, 4) is 5.75 Å². The molecule has 0 unspecified atom stereocenters. The lowest BCUT2D eigenvalue weighted by Gasteiger charge is -2.08. The normalized spacial score (nSPS) is 10.7. The number of benzene rings is 3. The van der Waals surface area contributed by atoms with E-state index in [1.165, 1.54) is 0 Å². The molecule has 0 radical (unpaired) electrons. The van der Waals surface area contributed by atoms with Crippen LogP contribution in [-0.4, -0.2) is 15.9 Å². The Morgan fingerprint density at radius 2 is 1.78 bits per heavy atom. The number of para-hydroxylation sites is 2. The topological polar surface area (TPSA) is 67.0 Å². The van der Waals surface area contributed by atoms with Crippen LogP contribution in [0.15, 0.2) is 78.9 Å². The first-order chi connectivity index (χ1) is 13.3. The number of H-pyrrole nitrogens is 1. The molecule has 1 amide bonds. The van der Waals surface area contributed by atoms with E-state index in [4.69, 9.17) is 4.74 Å². The monoisotopic (exact) mass is 357 g/mol. The van der Waals surface area contributed by atoms with Crippen molar-refractivity contribution in [2.75, 3.05) is 0 Å². The fourth-order valence-corrected chi connectivity index (χ4v) is 2.82. The molecule has 27 heavy (non-hydrogen) atoms. The average Bonchev–Trinajstić information content (AvgIpc) is 3.14. The average molecular weight is 357 g/mol. The van der Waals surface area contributed by atoms with Crippen molar-refractivity contribution in [3.05, 3.63) is 95.8 Å². The van der Waals surface area contributed by atoms with E-state index < -0.39 is 0 Å². The van der Waals surface area contributed by atoms with Crippen LogP contribution in [0.1, 0.15) is 21.7 Å². The lowest BCUT2D eigenvalue weighted by Crippen LogP contribution is -2.23. The predicted octanol–water partition coefficient (Wildman–Crippen LogP) is 4.07. The smallest absolute Gasteiger partial charge is 0.251 e. The van der Waals surface area contributed by atoms with E-state index in [1.54, 1.807) is 12.1 Å². The molecule has 0 bridgehead atoms. The van der Waals surface area contributed by atoms with Gasteiger partial charge in [-0.1, -0.05) is 48.5 Å². The van der Waals surface area contributed by atoms with Crippen molar-refractivity contribution < 1.29 is 9.53 Å². The number of ether oxygens (including phenoxy) is 1. The van der Waals surface area contributed by atoms with Crippen molar-refractivity contribution in [3.63, 3.8) is 0 Å². The molecular weight excluding hydrogens is 338 g/mol. The molecule has 3 aromatic carbocycles. The fraction of sp³-hybridized carbons (Fsp3) is 0.0909. The Morgan fingerprint density at radius 1 is 0.963 bits per heavy atom. The van der Waals surface area contributed by atoms with E-state index in [1.807, 2.05) is 66.7 Å². The van der Waals surface area contributed by atoms with Crippen molar-refractivity contribution in [1.82, 2.24) is 15.3 Å². The highest BCUT2D eigenvalue weighted by Gasteiger charge is 2.08. The maximum Gasteiger partial charge on any atom is 0.251 e. The summed E-state index contributed by atoms with van der Waals surface area (Å²) in [4.78, 5) is 20.1. The first kappa shape index (κ1) is 16.8. The zero-order valence-electron chi connectivity index (χ0n) is 14.7. The molecule has 0 fully saturated rings. The summed E-state index contributed by atoms with van der Waals surface area (Å²) in [7, 11) is 0. The Kier molecular flexibility index (Phi) is 4.83. The third-order valence-corrected chi connectivity index (χ3v) is 4.20. The number of carbonyl (C=O) groups is 1. The summed E-state index contributed by atoms with van der Waals surface area (Å²) >= 11 is 0. The lowest BCUT2D eigenvalue weighted by molar-refractivity contribution is 0.0949. The van der Waals surface area contributed by atoms with E-state index in [-0.39, 0.29) is 5.91 Å². The van der Waals surface area contributed by atoms with Gasteiger partial charge in [0.15, 0.2) is 0 Å². The van der Waals surface area contributed by atoms with Gasteiger partial charge in [0.2, 0.25) is 0 Å². The summed E-state index contributed by atoms with van der Waals surface area (Å²) in [5.41, 5.74) is 3.48. The van der Waals surface area contributed by atoms with Gasteiger partial charge in [0.1, 0.15) is 18.2 Å². The summed E-state index contributed by atoms with van der Waals surface area (Å²) in [6.07, 6.45) is 0. The van der Waals surface area contributed by atoms with E-state index in [0.717, 1.165) is 22.4 Å². The van der Waals surface area contributed by atoms with Crippen LogP contribution in [0.3, 0.4) is 0 Å². The van der Waals surface area contributed by atoms with E-state index in [2.05, 4.69) is 15.3 Å². The maximum absolute atomic E-state index is 12.5. The number of rotatable bonds is 6. The van der Waals surface area contributed by atoms with Gasteiger partial charge in [-0.15, -0.1) is 0 Å². The first-order valence-corrected chi connectivity index (χ1v) is 8.76. The van der Waals surface area contributed by atoms with Gasteiger partial charge in [0.05, 0.1) is 17.6 Å². The minimum Gasteiger partial charge on any atom is -0.489 e. The third-order valence-electron chi connectivity index (χ3n) is 4.20. The summed E-state index contributed by atoms with van der Waals surface area (Å²) in [5, 5.41) is 2.89. The van der Waals surface area contributed by atoms with Gasteiger partial charge in [-0.2, -0.15) is 0 Å². The molecule has 0 spiro atoms. The molecule has 0 aliphatic rings. The van der Waals surface area contributed by atoms with Gasteiger partial charge < -0.3 is 15.0 Å². The predicted molar refractivity (Wildman–Crippen MR) is 104 cm³/mol. The highest BCUT2D eigenvalue weighted by atomic mass is 16.5. The number of imidazole rings is 1. The van der Waals surface area contributed by atoms with Crippen LogP contribution in [-0.2, 0) is 13.2 Å². The van der Waals surface area contributed by atoms with Gasteiger partial charge >= 0.3 is 0 Å². The lowest BCUT2D eigenvalue weighted by atomic mass is 10.2. The standard InChI is InChI=1S/C22H19N3O2/c26-22(23-14-21-24-19-11-4-5-12-20(19)25-21)17-9-6-10-18(13-17)27-15-16-7-2-1-3-8-16/h1-13H,14-15H2,(H,23,26)(H,24,25). The van der Waals surface area contributed by atoms with Crippen LogP contribution in [0.4, 0.5) is 0 Å². The van der Waals surface area contributed by atoms with Crippen LogP contribution in [0, 0.1) is 0 Å². The number of amides is 1. The molecule has 0 atom stereocenters. The second-order valence-corrected chi connectivity index (χ2v) is 6.19. The molecule has 0 saturated heterocycles. The molecule has 4 rings (SSSR count). The Labute approximate surface area is 157 Å². The molecule has 1 aromatic heterocycles. The Hall–Kier alpha value is -3.60. The van der Waals surface area contributed by atoms with Crippen LogP contribution in [0.25, 0.3) is 11.0 Å². The molecule has 1 heterocycles. The van der Waals surface area contributed by atoms with Crippen LogP contribution in [0.5, 0.6) is 5.75 Å². The Morgan fingerprint density at radius 3 is 2.63 bits per heavy atom. The number of hydrogen-bond acceptors (Lipinski definition) is 3. The number of fused-ring (bicyclic) bond motifs is 1. The Bertz CT molecular complexity index is 1020. The molecular formula is C22H19N3O2. The van der Waals surface area contributed by atoms with Gasteiger partial charge in [-0.3, -0.25) is 4.79 Å². The molecule has 4 aromatic rings. The summed E-state index contributed by atoms with van der Waals surface area (Å²) < 4.78 is 5.79. The molecule has 0 aliphatic carbocycles. The van der Waals surface area contributed by atoms with E-state index in [0.29, 0.717) is 24.5 Å². The minimum absolute atomic E-state index is 0.166. The second kappa shape index (κ2) is 7.74. The molecule has 0 aliphatic heterocycles. The third kappa shape index (κ3) is 4.15. The van der Waals surface area contributed by atoms with Crippen LogP contribution < -0.4 is 10.1 Å².